The standard InChI is InChI=1S/C10H16N2O2/c1-5-7-11-8(6-2)9(10(13)14)12(3)4/h5-7,9H,1H2,2-4H3,(H,13,14)/b8-6-,11-7?. The third-order valence-corrected chi connectivity index (χ3v) is 1.66. The van der Waals surface area contributed by atoms with Gasteiger partial charge in [-0.15, -0.1) is 0 Å². The first-order valence-electron chi connectivity index (χ1n) is 4.25. The molecule has 0 bridgehead atoms. The fourth-order valence-electron chi connectivity index (χ4n) is 1.05. The van der Waals surface area contributed by atoms with Crippen LogP contribution in [0.1, 0.15) is 6.92 Å². The molecule has 0 aliphatic rings. The normalized spacial score (nSPS) is 14.7. The average Bonchev–Trinajstić information content (AvgIpc) is 2.10. The molecule has 0 radical (unpaired) electrons. The van der Waals surface area contributed by atoms with Crippen LogP contribution in [-0.4, -0.2) is 42.3 Å². The molecule has 0 amide bonds. The van der Waals surface area contributed by atoms with Crippen molar-refractivity contribution in [3.63, 3.8) is 0 Å². The van der Waals surface area contributed by atoms with Crippen LogP contribution in [0, 0.1) is 0 Å². The number of aliphatic imine (C=N–C) groups is 1. The second-order valence-electron chi connectivity index (χ2n) is 2.93. The largest absolute Gasteiger partial charge is 0.480 e. The molecule has 0 aromatic heterocycles. The summed E-state index contributed by atoms with van der Waals surface area (Å²) in [5.41, 5.74) is 0.502. The van der Waals surface area contributed by atoms with Crippen LogP contribution >= 0.6 is 0 Å². The van der Waals surface area contributed by atoms with Crippen molar-refractivity contribution >= 4 is 12.2 Å². The van der Waals surface area contributed by atoms with Crippen molar-refractivity contribution in [2.45, 2.75) is 13.0 Å². The van der Waals surface area contributed by atoms with Gasteiger partial charge in [-0.05, 0) is 21.0 Å². The van der Waals surface area contributed by atoms with E-state index in [-0.39, 0.29) is 0 Å². The van der Waals surface area contributed by atoms with Crippen molar-refractivity contribution < 1.29 is 9.90 Å². The number of allylic oxidation sites excluding steroid dienone is 2. The molecule has 0 spiro atoms. The second kappa shape index (κ2) is 6.10. The highest BCUT2D eigenvalue weighted by atomic mass is 16.4. The Kier molecular flexibility index (Phi) is 5.48. The maximum absolute atomic E-state index is 10.9. The van der Waals surface area contributed by atoms with Gasteiger partial charge in [-0.25, -0.2) is 0 Å². The topological polar surface area (TPSA) is 52.9 Å². The van der Waals surface area contributed by atoms with Gasteiger partial charge in [0.2, 0.25) is 0 Å². The predicted molar refractivity (Wildman–Crippen MR) is 57.6 cm³/mol. The SMILES string of the molecule is C=CC=N/C(=C\C)C(C(=O)O)N(C)C. The van der Waals surface area contributed by atoms with Crippen LogP contribution in [0.4, 0.5) is 0 Å². The minimum absolute atomic E-state index is 0.502. The number of hydrogen-bond acceptors (Lipinski definition) is 3. The average molecular weight is 196 g/mol. The summed E-state index contributed by atoms with van der Waals surface area (Å²) in [5, 5.41) is 8.96. The van der Waals surface area contributed by atoms with Crippen LogP contribution in [0.25, 0.3) is 0 Å². The summed E-state index contributed by atoms with van der Waals surface area (Å²) in [4.78, 5) is 16.5. The van der Waals surface area contributed by atoms with Gasteiger partial charge in [0.25, 0.3) is 0 Å². The number of hydrogen-bond donors (Lipinski definition) is 1. The van der Waals surface area contributed by atoms with Gasteiger partial charge in [-0.1, -0.05) is 18.7 Å². The Morgan fingerprint density at radius 1 is 1.57 bits per heavy atom. The first-order chi connectivity index (χ1) is 6.54. The lowest BCUT2D eigenvalue weighted by molar-refractivity contribution is -0.140. The first kappa shape index (κ1) is 12.6. The van der Waals surface area contributed by atoms with Gasteiger partial charge in [0.15, 0.2) is 6.04 Å². The third-order valence-electron chi connectivity index (χ3n) is 1.66. The van der Waals surface area contributed by atoms with Crippen molar-refractivity contribution in [1.82, 2.24) is 4.90 Å². The summed E-state index contributed by atoms with van der Waals surface area (Å²) in [6, 6.07) is -0.712. The fourth-order valence-corrected chi connectivity index (χ4v) is 1.05. The van der Waals surface area contributed by atoms with Crippen LogP contribution in [0.15, 0.2) is 29.4 Å². The predicted octanol–water partition coefficient (Wildman–Crippen LogP) is 1.16. The van der Waals surface area contributed by atoms with E-state index in [1.165, 1.54) is 12.3 Å². The Hall–Kier alpha value is -1.42. The van der Waals surface area contributed by atoms with Crippen LogP contribution in [-0.2, 0) is 4.79 Å². The molecule has 78 valence electrons. The van der Waals surface area contributed by atoms with Gasteiger partial charge < -0.3 is 5.11 Å². The maximum atomic E-state index is 10.9. The Morgan fingerprint density at radius 3 is 2.43 bits per heavy atom. The smallest absolute Gasteiger partial charge is 0.327 e. The van der Waals surface area contributed by atoms with E-state index in [2.05, 4.69) is 11.6 Å². The number of carboxylic acids is 1. The fraction of sp³-hybridized carbons (Fsp3) is 0.400. The van der Waals surface area contributed by atoms with Gasteiger partial charge in [0.05, 0.1) is 5.70 Å². The summed E-state index contributed by atoms with van der Waals surface area (Å²) in [6.07, 6.45) is 4.67. The van der Waals surface area contributed by atoms with E-state index in [4.69, 9.17) is 5.11 Å². The van der Waals surface area contributed by atoms with E-state index in [1.54, 1.807) is 32.0 Å². The molecule has 0 rings (SSSR count). The van der Waals surface area contributed by atoms with Crippen molar-refractivity contribution in [3.05, 3.63) is 24.4 Å². The molecule has 14 heavy (non-hydrogen) atoms. The lowest BCUT2D eigenvalue weighted by Crippen LogP contribution is -2.36. The molecule has 0 aliphatic carbocycles. The van der Waals surface area contributed by atoms with E-state index in [0.717, 1.165) is 0 Å². The second-order valence-corrected chi connectivity index (χ2v) is 2.93. The van der Waals surface area contributed by atoms with Gasteiger partial charge in [-0.3, -0.25) is 14.7 Å². The molecule has 0 saturated heterocycles. The number of carbonyl (C=O) groups is 1. The van der Waals surface area contributed by atoms with Crippen molar-refractivity contribution in [1.29, 1.82) is 0 Å². The zero-order valence-electron chi connectivity index (χ0n) is 8.77. The molecule has 4 heteroatoms. The number of likely N-dealkylation sites (N-methyl/N-ethyl adjacent to an activating group) is 1. The van der Waals surface area contributed by atoms with Gasteiger partial charge in [0, 0.05) is 6.21 Å². The van der Waals surface area contributed by atoms with E-state index in [1.807, 2.05) is 0 Å². The highest BCUT2D eigenvalue weighted by molar-refractivity contribution is 5.79. The minimum atomic E-state index is -0.913. The maximum Gasteiger partial charge on any atom is 0.327 e. The highest BCUT2D eigenvalue weighted by Gasteiger charge is 2.23. The number of rotatable bonds is 5. The van der Waals surface area contributed by atoms with Gasteiger partial charge in [0.1, 0.15) is 0 Å². The Morgan fingerprint density at radius 2 is 2.14 bits per heavy atom. The van der Waals surface area contributed by atoms with Crippen molar-refractivity contribution in [2.24, 2.45) is 4.99 Å². The summed E-state index contributed by atoms with van der Waals surface area (Å²) < 4.78 is 0. The Labute approximate surface area is 84.3 Å². The Balaban J connectivity index is 4.87. The number of aliphatic carboxylic acids is 1. The molecule has 0 fully saturated rings. The summed E-state index contributed by atoms with van der Waals surface area (Å²) in [5.74, 6) is -0.913. The monoisotopic (exact) mass is 196 g/mol. The van der Waals surface area contributed by atoms with E-state index in [0.29, 0.717) is 5.70 Å². The molecule has 1 unspecified atom stereocenters. The number of carboxylic acid groups (broad SMARTS) is 1. The zero-order chi connectivity index (χ0) is 11.1. The minimum Gasteiger partial charge on any atom is -0.480 e. The highest BCUT2D eigenvalue weighted by Crippen LogP contribution is 2.09. The summed E-state index contributed by atoms with van der Waals surface area (Å²) in [7, 11) is 3.40. The third kappa shape index (κ3) is 3.53. The molecule has 1 N–H and O–H groups in total. The molecule has 0 heterocycles. The molecular weight excluding hydrogens is 180 g/mol. The molecule has 0 aromatic rings. The number of nitrogens with zero attached hydrogens (tertiary/aromatic N) is 2. The van der Waals surface area contributed by atoms with E-state index >= 15 is 0 Å². The first-order valence-corrected chi connectivity index (χ1v) is 4.25. The molecule has 1 atom stereocenters. The quantitative estimate of drug-likeness (QED) is 0.671. The van der Waals surface area contributed by atoms with Crippen molar-refractivity contribution in [2.75, 3.05) is 14.1 Å². The molecule has 0 aliphatic heterocycles. The van der Waals surface area contributed by atoms with Gasteiger partial charge >= 0.3 is 5.97 Å². The van der Waals surface area contributed by atoms with Crippen LogP contribution in [0.3, 0.4) is 0 Å². The van der Waals surface area contributed by atoms with Gasteiger partial charge in [-0.2, -0.15) is 0 Å². The molecular formula is C10H16N2O2. The van der Waals surface area contributed by atoms with E-state index in [9.17, 15) is 4.79 Å². The lowest BCUT2D eigenvalue weighted by Gasteiger charge is -2.19. The molecule has 0 aromatic carbocycles. The van der Waals surface area contributed by atoms with Crippen LogP contribution in [0.2, 0.25) is 0 Å². The summed E-state index contributed by atoms with van der Waals surface area (Å²) >= 11 is 0. The zero-order valence-corrected chi connectivity index (χ0v) is 8.77. The molecule has 0 saturated carbocycles. The van der Waals surface area contributed by atoms with Crippen molar-refractivity contribution in [3.8, 4) is 0 Å². The Bertz CT molecular complexity index is 267. The van der Waals surface area contributed by atoms with Crippen LogP contribution in [0.5, 0.6) is 0 Å². The lowest BCUT2D eigenvalue weighted by atomic mass is 10.2. The molecule has 4 nitrogen and oxygen atoms in total. The van der Waals surface area contributed by atoms with Crippen LogP contribution < -0.4 is 0 Å². The summed E-state index contributed by atoms with van der Waals surface area (Å²) in [6.45, 7) is 5.24. The van der Waals surface area contributed by atoms with E-state index < -0.39 is 12.0 Å².